The molecule has 0 aliphatic rings. The SMILES string of the molecule is CC[C@H](C)[C@H](NC(=O)[C@H](CCC(=O)O)NC(=O)[C@H](CCC(=O)O)NC(=O)[C@H](Cc1ccc(OP(=O)(O)O)cc1)NC(=O)Cc1cc(=O)oc2cc(OC)ccc12)C(=O)NCCS. The Bertz CT molecular complexity index is 2200. The first-order chi connectivity index (χ1) is 29.2. The largest absolute Gasteiger partial charge is 0.524 e. The molecule has 5 atom stereocenters. The number of methoxy groups -OCH3 is 1. The fraction of sp³-hybridized carbons (Fsp3) is 0.436. The van der Waals surface area contributed by atoms with Crippen LogP contribution in [-0.2, 0) is 51.0 Å². The Hall–Kier alpha value is -5.96. The minimum Gasteiger partial charge on any atom is -0.497 e. The molecule has 0 fully saturated rings. The minimum atomic E-state index is -4.92. The lowest BCUT2D eigenvalue weighted by atomic mass is 9.97. The molecule has 0 unspecified atom stereocenters. The maximum atomic E-state index is 14.1. The molecule has 0 radical (unpaired) electrons. The Kier molecular flexibility index (Phi) is 19.4. The van der Waals surface area contributed by atoms with Gasteiger partial charge in [0.15, 0.2) is 0 Å². The smallest absolute Gasteiger partial charge is 0.497 e. The number of carboxylic acid groups (broad SMARTS) is 2. The molecule has 0 aliphatic heterocycles. The number of ether oxygens (including phenoxy) is 1. The summed E-state index contributed by atoms with van der Waals surface area (Å²) in [5.41, 5.74) is -0.141. The maximum Gasteiger partial charge on any atom is 0.524 e. The number of carbonyl (C=O) groups excluding carboxylic acids is 5. The Morgan fingerprint density at radius 1 is 0.790 bits per heavy atom. The zero-order valence-corrected chi connectivity index (χ0v) is 35.7. The van der Waals surface area contributed by atoms with Crippen LogP contribution < -0.4 is 41.5 Å². The van der Waals surface area contributed by atoms with Crippen molar-refractivity contribution in [2.24, 2.45) is 5.92 Å². The fourth-order valence-corrected chi connectivity index (χ4v) is 6.54. The number of amides is 5. The van der Waals surface area contributed by atoms with Crippen molar-refractivity contribution >= 4 is 72.9 Å². The Balaban J connectivity index is 1.96. The van der Waals surface area contributed by atoms with E-state index in [2.05, 4.69) is 43.7 Å². The standard InChI is InChI=1S/C39H50N5O16PS/c1-4-21(2)35(39(54)40-15-16-62)44-37(52)28(12-14-33(48)49)42-36(51)27(11-13-32(46)47)43-38(53)29(17-22-5-7-24(8-6-22)60-61(55,56)57)41-31(45)18-23-19-34(50)59-30-20-25(58-3)9-10-26(23)30/h5-10,19-21,27-29,35,62H,4,11-18H2,1-3H3,(H,40,54)(H,41,45)(H,42,51)(H,43,53)(H,44,52)(H,46,47)(H,48,49)(H2,55,56,57)/t21-,27-,28-,29-,35-/m0/s1. The molecule has 0 spiro atoms. The van der Waals surface area contributed by atoms with Gasteiger partial charge in [0, 0.05) is 49.1 Å². The molecule has 0 saturated carbocycles. The summed E-state index contributed by atoms with van der Waals surface area (Å²) < 4.78 is 26.3. The summed E-state index contributed by atoms with van der Waals surface area (Å²) in [4.78, 5) is 122. The van der Waals surface area contributed by atoms with Crippen molar-refractivity contribution in [3.63, 3.8) is 0 Å². The van der Waals surface area contributed by atoms with E-state index in [-0.39, 0.29) is 29.9 Å². The molecule has 5 amide bonds. The normalized spacial score (nSPS) is 13.6. The average Bonchev–Trinajstić information content (AvgIpc) is 3.20. The minimum absolute atomic E-state index is 0.112. The number of thiol groups is 1. The first-order valence-electron chi connectivity index (χ1n) is 19.2. The van der Waals surface area contributed by atoms with E-state index in [1.807, 2.05) is 0 Å². The van der Waals surface area contributed by atoms with Gasteiger partial charge < -0.3 is 50.5 Å². The zero-order chi connectivity index (χ0) is 46.1. The highest BCUT2D eigenvalue weighted by atomic mass is 32.1. The van der Waals surface area contributed by atoms with Crippen LogP contribution in [0.3, 0.4) is 0 Å². The van der Waals surface area contributed by atoms with Crippen molar-refractivity contribution in [2.75, 3.05) is 19.4 Å². The highest BCUT2D eigenvalue weighted by Gasteiger charge is 2.33. The summed E-state index contributed by atoms with van der Waals surface area (Å²) in [5, 5.41) is 31.8. The van der Waals surface area contributed by atoms with Gasteiger partial charge in [-0.15, -0.1) is 0 Å². The number of carbonyl (C=O) groups is 7. The van der Waals surface area contributed by atoms with Crippen molar-refractivity contribution in [1.82, 2.24) is 26.6 Å². The summed E-state index contributed by atoms with van der Waals surface area (Å²) in [7, 11) is -3.52. The van der Waals surface area contributed by atoms with Crippen LogP contribution in [0, 0.1) is 5.92 Å². The second-order valence-electron chi connectivity index (χ2n) is 14.1. The maximum absolute atomic E-state index is 14.1. The molecule has 9 N–H and O–H groups in total. The van der Waals surface area contributed by atoms with E-state index < -0.39 is 117 Å². The van der Waals surface area contributed by atoms with Gasteiger partial charge in [-0.05, 0) is 54.2 Å². The van der Waals surface area contributed by atoms with Crippen LogP contribution >= 0.6 is 20.5 Å². The van der Waals surface area contributed by atoms with E-state index in [0.717, 1.165) is 6.07 Å². The van der Waals surface area contributed by atoms with Gasteiger partial charge in [0.2, 0.25) is 29.5 Å². The van der Waals surface area contributed by atoms with Crippen LogP contribution in [0.15, 0.2) is 57.7 Å². The third-order valence-corrected chi connectivity index (χ3v) is 10.1. The number of nitrogens with one attached hydrogen (secondary N) is 5. The molecular formula is C39H50N5O16PS. The first-order valence-corrected chi connectivity index (χ1v) is 21.4. The molecule has 21 nitrogen and oxygen atoms in total. The van der Waals surface area contributed by atoms with Crippen molar-refractivity contribution in [2.45, 2.75) is 83.0 Å². The van der Waals surface area contributed by atoms with E-state index in [9.17, 15) is 62.9 Å². The number of hydrogen-bond donors (Lipinski definition) is 10. The highest BCUT2D eigenvalue weighted by molar-refractivity contribution is 7.80. The van der Waals surface area contributed by atoms with Crippen molar-refractivity contribution in [3.8, 4) is 11.5 Å². The molecule has 338 valence electrons. The number of phosphoric ester groups is 1. The summed E-state index contributed by atoms with van der Waals surface area (Å²) >= 11 is 4.07. The average molecular weight is 908 g/mol. The van der Waals surface area contributed by atoms with Gasteiger partial charge in [-0.1, -0.05) is 32.4 Å². The molecule has 1 heterocycles. The zero-order valence-electron chi connectivity index (χ0n) is 34.0. The van der Waals surface area contributed by atoms with Crippen LogP contribution in [0.5, 0.6) is 11.5 Å². The van der Waals surface area contributed by atoms with E-state index in [1.165, 1.54) is 37.4 Å². The van der Waals surface area contributed by atoms with Gasteiger partial charge in [0.25, 0.3) is 0 Å². The lowest BCUT2D eigenvalue weighted by Crippen LogP contribution is -2.59. The molecule has 62 heavy (non-hydrogen) atoms. The van der Waals surface area contributed by atoms with Gasteiger partial charge >= 0.3 is 25.4 Å². The van der Waals surface area contributed by atoms with Crippen molar-refractivity contribution in [1.29, 1.82) is 0 Å². The summed E-state index contributed by atoms with van der Waals surface area (Å²) in [5.74, 6) is -7.00. The molecule has 23 heteroatoms. The van der Waals surface area contributed by atoms with Gasteiger partial charge in [0.1, 0.15) is 41.2 Å². The molecular weight excluding hydrogens is 857 g/mol. The molecule has 2 aromatic carbocycles. The van der Waals surface area contributed by atoms with Gasteiger partial charge in [0.05, 0.1) is 13.5 Å². The van der Waals surface area contributed by atoms with E-state index in [1.54, 1.807) is 26.0 Å². The Morgan fingerprint density at radius 3 is 1.89 bits per heavy atom. The second kappa shape index (κ2) is 23.9. The van der Waals surface area contributed by atoms with E-state index in [4.69, 9.17) is 9.15 Å². The molecule has 3 rings (SSSR count). The highest BCUT2D eigenvalue weighted by Crippen LogP contribution is 2.37. The number of carboxylic acids is 2. The predicted molar refractivity (Wildman–Crippen MR) is 223 cm³/mol. The first kappa shape index (κ1) is 50.4. The third kappa shape index (κ3) is 16.5. The fourth-order valence-electron chi connectivity index (χ4n) is 6.03. The van der Waals surface area contributed by atoms with Crippen LogP contribution in [-0.4, -0.2) is 105 Å². The molecule has 0 aliphatic carbocycles. The van der Waals surface area contributed by atoms with Crippen LogP contribution in [0.1, 0.15) is 57.1 Å². The van der Waals surface area contributed by atoms with Gasteiger partial charge in [-0.25, -0.2) is 9.36 Å². The molecule has 3 aromatic rings. The summed E-state index contributed by atoms with van der Waals surface area (Å²) in [6.45, 7) is 3.66. The Labute approximate surface area is 360 Å². The predicted octanol–water partition coefficient (Wildman–Crippen LogP) is 0.819. The molecule has 1 aromatic heterocycles. The topological polar surface area (TPSA) is 326 Å². The number of fused-ring (bicyclic) bond motifs is 1. The monoisotopic (exact) mass is 907 g/mol. The number of phosphoric acid groups is 1. The molecule has 0 saturated heterocycles. The van der Waals surface area contributed by atoms with Crippen molar-refractivity contribution in [3.05, 3.63) is 70.1 Å². The summed E-state index contributed by atoms with van der Waals surface area (Å²) in [6.07, 6.45) is -2.60. The third-order valence-electron chi connectivity index (χ3n) is 9.39. The number of aliphatic carboxylic acids is 2. The van der Waals surface area contributed by atoms with Crippen LogP contribution in [0.2, 0.25) is 0 Å². The van der Waals surface area contributed by atoms with E-state index in [0.29, 0.717) is 28.9 Å². The number of hydrogen-bond acceptors (Lipinski definition) is 13. The second-order valence-corrected chi connectivity index (χ2v) is 15.7. The van der Waals surface area contributed by atoms with Crippen LogP contribution in [0.25, 0.3) is 11.0 Å². The van der Waals surface area contributed by atoms with Gasteiger partial charge in [-0.3, -0.25) is 43.3 Å². The van der Waals surface area contributed by atoms with Crippen LogP contribution in [0.4, 0.5) is 0 Å². The van der Waals surface area contributed by atoms with Gasteiger partial charge in [-0.2, -0.15) is 12.6 Å². The quantitative estimate of drug-likeness (QED) is 0.0320. The Morgan fingerprint density at radius 2 is 1.35 bits per heavy atom. The van der Waals surface area contributed by atoms with Crippen molar-refractivity contribution < 1.29 is 71.8 Å². The lowest BCUT2D eigenvalue weighted by molar-refractivity contribution is -0.140. The molecule has 0 bridgehead atoms. The number of benzene rings is 2. The number of rotatable bonds is 25. The van der Waals surface area contributed by atoms with E-state index >= 15 is 0 Å². The lowest BCUT2D eigenvalue weighted by Gasteiger charge is -2.28. The summed E-state index contributed by atoms with van der Waals surface area (Å²) in [6, 6.07) is 4.85.